The van der Waals surface area contributed by atoms with E-state index in [-0.39, 0.29) is 13.2 Å². The maximum absolute atomic E-state index is 12.3. The van der Waals surface area contributed by atoms with Crippen LogP contribution in [0.25, 0.3) is 12.2 Å². The van der Waals surface area contributed by atoms with E-state index in [9.17, 15) is 9.59 Å². The zero-order chi connectivity index (χ0) is 23.9. The molecule has 0 saturated carbocycles. The number of rotatable bonds is 8. The number of hydrogen-bond acceptors (Lipinski definition) is 8. The molecule has 0 bridgehead atoms. The smallest absolute Gasteiger partial charge is 0.331 e. The van der Waals surface area contributed by atoms with Crippen LogP contribution in [0.3, 0.4) is 0 Å². The Kier molecular flexibility index (Phi) is 7.61. The monoisotopic (exact) mass is 466 g/mol. The van der Waals surface area contributed by atoms with Gasteiger partial charge in [0.2, 0.25) is 0 Å². The van der Waals surface area contributed by atoms with Crippen molar-refractivity contribution in [1.29, 1.82) is 0 Å². The van der Waals surface area contributed by atoms with Gasteiger partial charge in [0.1, 0.15) is 23.7 Å². The molecule has 0 spiro atoms. The van der Waals surface area contributed by atoms with Gasteiger partial charge in [-0.05, 0) is 47.5 Å². The van der Waals surface area contributed by atoms with Crippen LogP contribution in [0.1, 0.15) is 11.1 Å². The molecule has 2 heterocycles. The summed E-state index contributed by atoms with van der Waals surface area (Å²) >= 11 is 0. The summed E-state index contributed by atoms with van der Waals surface area (Å²) in [5.41, 5.74) is 1.68. The number of esters is 2. The van der Waals surface area contributed by atoms with Crippen molar-refractivity contribution in [1.82, 2.24) is 0 Å². The number of carbonyl (C=O) groups is 2. The highest BCUT2D eigenvalue weighted by atomic mass is 16.7. The molecule has 8 heteroatoms. The van der Waals surface area contributed by atoms with Crippen molar-refractivity contribution in [3.63, 3.8) is 0 Å². The van der Waals surface area contributed by atoms with E-state index in [1.807, 2.05) is 24.3 Å². The summed E-state index contributed by atoms with van der Waals surface area (Å²) in [5, 5.41) is 0. The fourth-order valence-corrected chi connectivity index (χ4v) is 3.77. The molecule has 0 aliphatic carbocycles. The lowest BCUT2D eigenvalue weighted by molar-refractivity contribution is -0.149. The van der Waals surface area contributed by atoms with E-state index in [0.717, 1.165) is 22.6 Å². The first-order valence-corrected chi connectivity index (χ1v) is 10.8. The van der Waals surface area contributed by atoms with Gasteiger partial charge in [-0.1, -0.05) is 24.3 Å². The Bertz CT molecular complexity index is 956. The van der Waals surface area contributed by atoms with Crippen LogP contribution in [0.5, 0.6) is 11.5 Å². The highest BCUT2D eigenvalue weighted by Crippen LogP contribution is 2.31. The molecule has 178 valence electrons. The number of fused-ring (bicyclic) bond motifs is 1. The minimum absolute atomic E-state index is 0.174. The Balaban J connectivity index is 1.26. The number of hydrogen-bond donors (Lipinski definition) is 0. The zero-order valence-corrected chi connectivity index (χ0v) is 18.9. The molecule has 8 nitrogen and oxygen atoms in total. The molecule has 0 amide bonds. The average Bonchev–Trinajstić information content (AvgIpc) is 3.45. The Morgan fingerprint density at radius 1 is 0.706 bits per heavy atom. The molecule has 0 N–H and O–H groups in total. The number of methoxy groups -OCH3 is 2. The fraction of sp³-hybridized carbons (Fsp3) is 0.308. The maximum atomic E-state index is 12.3. The fourth-order valence-electron chi connectivity index (χ4n) is 3.77. The van der Waals surface area contributed by atoms with Crippen molar-refractivity contribution in [2.24, 2.45) is 0 Å². The third kappa shape index (κ3) is 5.84. The lowest BCUT2D eigenvalue weighted by Gasteiger charge is -2.16. The first kappa shape index (κ1) is 23.5. The largest absolute Gasteiger partial charge is 0.497 e. The maximum Gasteiger partial charge on any atom is 0.331 e. The third-order valence-corrected chi connectivity index (χ3v) is 5.55. The number of carbonyl (C=O) groups excluding carboxylic acids is 2. The van der Waals surface area contributed by atoms with Gasteiger partial charge in [-0.25, -0.2) is 9.59 Å². The summed E-state index contributed by atoms with van der Waals surface area (Å²) in [6.07, 6.45) is 3.91. The van der Waals surface area contributed by atoms with Crippen molar-refractivity contribution >= 4 is 24.1 Å². The zero-order valence-electron chi connectivity index (χ0n) is 18.9. The van der Waals surface area contributed by atoms with Crippen LogP contribution in [-0.4, -0.2) is 63.8 Å². The molecule has 4 atom stereocenters. The molecular formula is C26H26O8. The van der Waals surface area contributed by atoms with Gasteiger partial charge in [-0.3, -0.25) is 0 Å². The first-order valence-electron chi connectivity index (χ1n) is 10.8. The molecule has 2 aromatic rings. The Labute approximate surface area is 197 Å². The van der Waals surface area contributed by atoms with Gasteiger partial charge >= 0.3 is 11.9 Å². The molecule has 0 aromatic heterocycles. The van der Waals surface area contributed by atoms with Gasteiger partial charge in [0, 0.05) is 12.2 Å². The van der Waals surface area contributed by atoms with E-state index in [4.69, 9.17) is 28.4 Å². The summed E-state index contributed by atoms with van der Waals surface area (Å²) in [6, 6.07) is 14.6. The van der Waals surface area contributed by atoms with Crippen LogP contribution in [0.2, 0.25) is 0 Å². The Morgan fingerprint density at radius 2 is 1.09 bits per heavy atom. The molecular weight excluding hydrogens is 440 g/mol. The summed E-state index contributed by atoms with van der Waals surface area (Å²) in [5.74, 6) is 0.463. The van der Waals surface area contributed by atoms with E-state index < -0.39 is 36.4 Å². The average molecular weight is 466 g/mol. The van der Waals surface area contributed by atoms with Gasteiger partial charge < -0.3 is 28.4 Å². The summed E-state index contributed by atoms with van der Waals surface area (Å²) in [7, 11) is 3.18. The normalized spacial score (nSPS) is 23.7. The standard InChI is InChI=1S/C26H26O8/c1-29-19-9-3-17(4-10-19)7-13-23(27)33-21-15-31-26-22(16-32-25(21)26)34-24(28)14-8-18-5-11-20(30-2)12-6-18/h3-14,21-22,25-26H,15-16H2,1-2H3. The van der Waals surface area contributed by atoms with Crippen LogP contribution in [0.15, 0.2) is 60.7 Å². The van der Waals surface area contributed by atoms with Crippen LogP contribution in [0, 0.1) is 0 Å². The predicted molar refractivity (Wildman–Crippen MR) is 123 cm³/mol. The number of ether oxygens (including phenoxy) is 6. The lowest BCUT2D eigenvalue weighted by atomic mass is 10.1. The van der Waals surface area contributed by atoms with Crippen molar-refractivity contribution in [2.75, 3.05) is 27.4 Å². The van der Waals surface area contributed by atoms with Gasteiger partial charge in [-0.15, -0.1) is 0 Å². The second-order valence-electron chi connectivity index (χ2n) is 7.76. The molecule has 2 aliphatic rings. The van der Waals surface area contributed by atoms with Crippen molar-refractivity contribution in [2.45, 2.75) is 24.4 Å². The second-order valence-corrected chi connectivity index (χ2v) is 7.76. The lowest BCUT2D eigenvalue weighted by Crippen LogP contribution is -2.35. The van der Waals surface area contributed by atoms with E-state index in [1.165, 1.54) is 12.2 Å². The third-order valence-electron chi connectivity index (χ3n) is 5.55. The molecule has 2 aliphatic heterocycles. The Morgan fingerprint density at radius 3 is 1.44 bits per heavy atom. The van der Waals surface area contributed by atoms with Crippen molar-refractivity contribution in [3.8, 4) is 11.5 Å². The summed E-state index contributed by atoms with van der Waals surface area (Å²) < 4.78 is 32.7. The van der Waals surface area contributed by atoms with Crippen LogP contribution >= 0.6 is 0 Å². The van der Waals surface area contributed by atoms with E-state index >= 15 is 0 Å². The predicted octanol–water partition coefficient (Wildman–Crippen LogP) is 3.05. The van der Waals surface area contributed by atoms with Gasteiger partial charge in [0.15, 0.2) is 12.2 Å². The van der Waals surface area contributed by atoms with Gasteiger partial charge in [0.05, 0.1) is 27.4 Å². The highest BCUT2D eigenvalue weighted by molar-refractivity contribution is 5.87. The molecule has 4 unspecified atom stereocenters. The van der Waals surface area contributed by atoms with Crippen molar-refractivity contribution < 1.29 is 38.0 Å². The van der Waals surface area contributed by atoms with Gasteiger partial charge in [0.25, 0.3) is 0 Å². The number of benzene rings is 2. The van der Waals surface area contributed by atoms with Crippen LogP contribution in [0.4, 0.5) is 0 Å². The highest BCUT2D eigenvalue weighted by Gasteiger charge is 2.50. The van der Waals surface area contributed by atoms with E-state index in [2.05, 4.69) is 0 Å². The molecule has 4 rings (SSSR count). The summed E-state index contributed by atoms with van der Waals surface area (Å²) in [4.78, 5) is 24.5. The minimum atomic E-state index is -0.573. The summed E-state index contributed by atoms with van der Waals surface area (Å²) in [6.45, 7) is 0.348. The van der Waals surface area contributed by atoms with Gasteiger partial charge in [-0.2, -0.15) is 0 Å². The van der Waals surface area contributed by atoms with E-state index in [0.29, 0.717) is 0 Å². The molecule has 34 heavy (non-hydrogen) atoms. The quantitative estimate of drug-likeness (QED) is 0.433. The topological polar surface area (TPSA) is 89.5 Å². The van der Waals surface area contributed by atoms with Crippen LogP contribution in [-0.2, 0) is 28.5 Å². The molecule has 2 saturated heterocycles. The van der Waals surface area contributed by atoms with Crippen LogP contribution < -0.4 is 9.47 Å². The Hall–Kier alpha value is -3.62. The van der Waals surface area contributed by atoms with Crippen molar-refractivity contribution in [3.05, 3.63) is 71.8 Å². The molecule has 2 aromatic carbocycles. The minimum Gasteiger partial charge on any atom is -0.497 e. The second kappa shape index (κ2) is 11.0. The SMILES string of the molecule is COc1ccc(C=CC(=O)OC2COC3C(OC(=O)C=Cc4ccc(OC)cc4)COC23)cc1. The van der Waals surface area contributed by atoms with E-state index in [1.54, 1.807) is 50.6 Å². The first-order chi connectivity index (χ1) is 16.6. The molecule has 0 radical (unpaired) electrons. The molecule has 2 fully saturated rings.